The number of hydrogen-bond acceptors (Lipinski definition) is 2. The van der Waals surface area contributed by atoms with Gasteiger partial charge in [0.2, 0.25) is 0 Å². The van der Waals surface area contributed by atoms with Gasteiger partial charge < -0.3 is 4.90 Å². The fraction of sp³-hybridized carbons (Fsp3) is 0.133. The van der Waals surface area contributed by atoms with Crippen LogP contribution in [0.3, 0.4) is 0 Å². The van der Waals surface area contributed by atoms with Crippen LogP contribution in [-0.4, -0.2) is 18.2 Å². The summed E-state index contributed by atoms with van der Waals surface area (Å²) >= 11 is 7.65. The maximum Gasteiger partial charge on any atom is 0.258 e. The number of hydrogen-bond donors (Lipinski definition) is 0. The van der Waals surface area contributed by atoms with Crippen LogP contribution in [0.15, 0.2) is 53.4 Å². The molecule has 4 heteroatoms. The van der Waals surface area contributed by atoms with Gasteiger partial charge in [0.1, 0.15) is 0 Å². The number of carbonyl (C=O) groups is 1. The first-order valence-corrected chi connectivity index (χ1v) is 7.41. The number of fused-ring (bicyclic) bond motifs is 1. The van der Waals surface area contributed by atoms with Gasteiger partial charge in [0.05, 0.1) is 5.69 Å². The number of nitrogens with zero attached hydrogens (tertiary/aromatic N) is 1. The molecule has 2 nitrogen and oxygen atoms in total. The zero-order chi connectivity index (χ0) is 13.2. The van der Waals surface area contributed by atoms with E-state index in [-0.39, 0.29) is 5.91 Å². The lowest BCUT2D eigenvalue weighted by Crippen LogP contribution is -2.35. The Morgan fingerprint density at radius 2 is 1.84 bits per heavy atom. The van der Waals surface area contributed by atoms with Gasteiger partial charge in [-0.1, -0.05) is 23.7 Å². The van der Waals surface area contributed by atoms with E-state index in [1.165, 1.54) is 0 Å². The largest absolute Gasteiger partial charge is 0.306 e. The number of rotatable bonds is 1. The molecule has 3 rings (SSSR count). The van der Waals surface area contributed by atoms with Gasteiger partial charge >= 0.3 is 0 Å². The Bertz CT molecular complexity index is 612. The molecule has 1 heterocycles. The molecule has 96 valence electrons. The molecule has 0 aromatic heterocycles. The van der Waals surface area contributed by atoms with Crippen molar-refractivity contribution >= 4 is 35.0 Å². The SMILES string of the molecule is O=C(c1ccc(Cl)cc1)N1CCSc2ccccc21. The standard InChI is InChI=1S/C15H12ClNOS/c16-12-7-5-11(6-8-12)15(18)17-9-10-19-14-4-2-1-3-13(14)17/h1-8H,9-10H2. The Kier molecular flexibility index (Phi) is 3.49. The average molecular weight is 290 g/mol. The van der Waals surface area contributed by atoms with Crippen molar-refractivity contribution in [1.82, 2.24) is 0 Å². The summed E-state index contributed by atoms with van der Waals surface area (Å²) in [6.45, 7) is 0.739. The third kappa shape index (κ3) is 2.48. The maximum atomic E-state index is 12.5. The van der Waals surface area contributed by atoms with Crippen molar-refractivity contribution in [3.05, 3.63) is 59.1 Å². The molecule has 2 aromatic carbocycles. The van der Waals surface area contributed by atoms with E-state index in [9.17, 15) is 4.79 Å². The highest BCUT2D eigenvalue weighted by Crippen LogP contribution is 2.35. The van der Waals surface area contributed by atoms with Crippen molar-refractivity contribution in [3.63, 3.8) is 0 Å². The van der Waals surface area contributed by atoms with Crippen molar-refractivity contribution < 1.29 is 4.79 Å². The molecule has 1 aliphatic rings. The topological polar surface area (TPSA) is 20.3 Å². The number of halogens is 1. The summed E-state index contributed by atoms with van der Waals surface area (Å²) in [5.41, 5.74) is 1.67. The number of amides is 1. The fourth-order valence-corrected chi connectivity index (χ4v) is 3.25. The predicted molar refractivity (Wildman–Crippen MR) is 80.3 cm³/mol. The molecule has 0 radical (unpaired) electrons. The first-order chi connectivity index (χ1) is 9.25. The molecule has 0 atom stereocenters. The van der Waals surface area contributed by atoms with Crippen molar-refractivity contribution in [2.45, 2.75) is 4.90 Å². The Hall–Kier alpha value is -1.45. The van der Waals surface area contributed by atoms with Crippen LogP contribution in [-0.2, 0) is 0 Å². The third-order valence-corrected chi connectivity index (χ3v) is 4.36. The van der Waals surface area contributed by atoms with E-state index in [1.807, 2.05) is 23.1 Å². The molecule has 0 spiro atoms. The van der Waals surface area contributed by atoms with Gasteiger partial charge in [-0.3, -0.25) is 4.79 Å². The zero-order valence-electron chi connectivity index (χ0n) is 10.2. The quantitative estimate of drug-likeness (QED) is 0.788. The van der Waals surface area contributed by atoms with E-state index in [4.69, 9.17) is 11.6 Å². The minimum Gasteiger partial charge on any atom is -0.306 e. The Morgan fingerprint density at radius 3 is 2.63 bits per heavy atom. The van der Waals surface area contributed by atoms with Gasteiger partial charge in [0.15, 0.2) is 0 Å². The smallest absolute Gasteiger partial charge is 0.258 e. The number of para-hydroxylation sites is 1. The zero-order valence-corrected chi connectivity index (χ0v) is 11.7. The second-order valence-corrected chi connectivity index (χ2v) is 5.85. The number of benzene rings is 2. The molecule has 0 fully saturated rings. The summed E-state index contributed by atoms with van der Waals surface area (Å²) in [7, 11) is 0. The van der Waals surface area contributed by atoms with E-state index in [1.54, 1.807) is 36.0 Å². The van der Waals surface area contributed by atoms with Crippen LogP contribution < -0.4 is 4.90 Å². The van der Waals surface area contributed by atoms with Crippen LogP contribution in [0.1, 0.15) is 10.4 Å². The van der Waals surface area contributed by atoms with Crippen LogP contribution in [0, 0.1) is 0 Å². The number of anilines is 1. The Balaban J connectivity index is 1.95. The van der Waals surface area contributed by atoms with Gasteiger partial charge in [-0.25, -0.2) is 0 Å². The van der Waals surface area contributed by atoms with E-state index in [0.29, 0.717) is 10.6 Å². The third-order valence-electron chi connectivity index (χ3n) is 3.06. The maximum absolute atomic E-state index is 12.5. The molecular formula is C15H12ClNOS. The van der Waals surface area contributed by atoms with Crippen LogP contribution >= 0.6 is 23.4 Å². The highest BCUT2D eigenvalue weighted by molar-refractivity contribution is 7.99. The van der Waals surface area contributed by atoms with Gasteiger partial charge in [-0.05, 0) is 36.4 Å². The summed E-state index contributed by atoms with van der Waals surface area (Å²) in [5.74, 6) is 0.959. The highest BCUT2D eigenvalue weighted by Gasteiger charge is 2.23. The van der Waals surface area contributed by atoms with Crippen molar-refractivity contribution in [2.75, 3.05) is 17.2 Å². The van der Waals surface area contributed by atoms with Crippen LogP contribution in [0.25, 0.3) is 0 Å². The molecule has 2 aromatic rings. The molecule has 0 bridgehead atoms. The molecule has 0 N–H and O–H groups in total. The van der Waals surface area contributed by atoms with E-state index in [2.05, 4.69) is 6.07 Å². The molecule has 0 saturated heterocycles. The summed E-state index contributed by atoms with van der Waals surface area (Å²) in [4.78, 5) is 15.6. The minimum absolute atomic E-state index is 0.0319. The summed E-state index contributed by atoms with van der Waals surface area (Å²) < 4.78 is 0. The highest BCUT2D eigenvalue weighted by atomic mass is 35.5. The van der Waals surface area contributed by atoms with Crippen LogP contribution in [0.5, 0.6) is 0 Å². The molecule has 1 amide bonds. The molecular weight excluding hydrogens is 278 g/mol. The first kappa shape index (κ1) is 12.6. The van der Waals surface area contributed by atoms with Gasteiger partial charge in [0.25, 0.3) is 5.91 Å². The van der Waals surface area contributed by atoms with Crippen molar-refractivity contribution in [2.24, 2.45) is 0 Å². The molecule has 0 aliphatic carbocycles. The number of thioether (sulfide) groups is 1. The van der Waals surface area contributed by atoms with Gasteiger partial charge in [-0.15, -0.1) is 11.8 Å². The summed E-state index contributed by atoms with van der Waals surface area (Å²) in [6, 6.07) is 15.1. The minimum atomic E-state index is 0.0319. The van der Waals surface area contributed by atoms with E-state index < -0.39 is 0 Å². The van der Waals surface area contributed by atoms with Crippen LogP contribution in [0.4, 0.5) is 5.69 Å². The van der Waals surface area contributed by atoms with Gasteiger partial charge in [0, 0.05) is 27.8 Å². The van der Waals surface area contributed by atoms with Crippen LogP contribution in [0.2, 0.25) is 5.02 Å². The summed E-state index contributed by atoms with van der Waals surface area (Å²) in [6.07, 6.45) is 0. The lowest BCUT2D eigenvalue weighted by atomic mass is 10.1. The molecule has 0 saturated carbocycles. The van der Waals surface area contributed by atoms with Crippen molar-refractivity contribution in [3.8, 4) is 0 Å². The van der Waals surface area contributed by atoms with E-state index >= 15 is 0 Å². The lowest BCUT2D eigenvalue weighted by Gasteiger charge is -2.29. The Labute approximate surface area is 121 Å². The lowest BCUT2D eigenvalue weighted by molar-refractivity contribution is 0.0987. The second-order valence-electron chi connectivity index (χ2n) is 4.28. The first-order valence-electron chi connectivity index (χ1n) is 6.05. The molecule has 19 heavy (non-hydrogen) atoms. The van der Waals surface area contributed by atoms with Gasteiger partial charge in [-0.2, -0.15) is 0 Å². The normalized spacial score (nSPS) is 14.1. The second kappa shape index (κ2) is 5.27. The average Bonchev–Trinajstić information content (AvgIpc) is 2.47. The van der Waals surface area contributed by atoms with E-state index in [0.717, 1.165) is 22.9 Å². The monoisotopic (exact) mass is 289 g/mol. The van der Waals surface area contributed by atoms with Crippen molar-refractivity contribution in [1.29, 1.82) is 0 Å². The number of carbonyl (C=O) groups excluding carboxylic acids is 1. The predicted octanol–water partition coefficient (Wildman–Crippen LogP) is 4.09. The summed E-state index contributed by atoms with van der Waals surface area (Å²) in [5, 5.41) is 0.645. The molecule has 0 unspecified atom stereocenters. The fourth-order valence-electron chi connectivity index (χ4n) is 2.13. The molecule has 1 aliphatic heterocycles. The Morgan fingerprint density at radius 1 is 1.11 bits per heavy atom.